The molecule has 0 bridgehead atoms. The van der Waals surface area contributed by atoms with Gasteiger partial charge in [0.1, 0.15) is 6.61 Å². The molecule has 11 heteroatoms. The van der Waals surface area contributed by atoms with Gasteiger partial charge in [-0.2, -0.15) is 0 Å². The number of carbonyl (C=O) groups is 1. The highest BCUT2D eigenvalue weighted by atomic mass is 35.5. The summed E-state index contributed by atoms with van der Waals surface area (Å²) >= 11 is 6.12. The van der Waals surface area contributed by atoms with Gasteiger partial charge in [-0.05, 0) is 41.1 Å². The Morgan fingerprint density at radius 2 is 1.86 bits per heavy atom. The summed E-state index contributed by atoms with van der Waals surface area (Å²) in [6.45, 7) is 0.280. The Labute approximate surface area is 167 Å². The van der Waals surface area contributed by atoms with Gasteiger partial charge in [-0.15, -0.1) is 0 Å². The van der Waals surface area contributed by atoms with Gasteiger partial charge in [-0.25, -0.2) is 8.42 Å². The maximum Gasteiger partial charge on any atom is 0.261 e. The minimum atomic E-state index is -3.74. The largest absolute Gasteiger partial charge is 0.391 e. The van der Waals surface area contributed by atoms with Crippen LogP contribution in [0.5, 0.6) is 0 Å². The summed E-state index contributed by atoms with van der Waals surface area (Å²) in [7, 11) is -3.74. The standard InChI is InChI=1S/C17H20ClN5O4S/c18-15-7-6-13(23-28(25,26)14-4-2-1-3-5-14)10-12(15)11-16(24)21-8-9-27-22-17(19)20/h1-7,10,23H,8-9,11H2,(H,21,24)(H4,19,20,22). The average molecular weight is 426 g/mol. The van der Waals surface area contributed by atoms with Crippen molar-refractivity contribution < 1.29 is 18.0 Å². The molecule has 0 aliphatic heterocycles. The summed E-state index contributed by atoms with van der Waals surface area (Å²) in [5, 5.41) is 6.28. The summed E-state index contributed by atoms with van der Waals surface area (Å²) in [5.41, 5.74) is 11.0. The third-order valence-corrected chi connectivity index (χ3v) is 5.15. The van der Waals surface area contributed by atoms with E-state index >= 15 is 0 Å². The van der Waals surface area contributed by atoms with Gasteiger partial charge in [0, 0.05) is 10.7 Å². The number of amides is 1. The molecule has 0 aromatic heterocycles. The van der Waals surface area contributed by atoms with Gasteiger partial charge >= 0.3 is 0 Å². The number of hydrogen-bond acceptors (Lipinski definition) is 5. The van der Waals surface area contributed by atoms with Crippen LogP contribution in [0.4, 0.5) is 5.69 Å². The minimum Gasteiger partial charge on any atom is -0.391 e. The number of carbonyl (C=O) groups excluding carboxylic acids is 1. The number of benzene rings is 2. The molecule has 0 saturated carbocycles. The highest BCUT2D eigenvalue weighted by Gasteiger charge is 2.15. The van der Waals surface area contributed by atoms with E-state index in [1.165, 1.54) is 30.3 Å². The first-order valence-electron chi connectivity index (χ1n) is 8.12. The van der Waals surface area contributed by atoms with Crippen LogP contribution in [-0.2, 0) is 26.1 Å². The number of sulfonamides is 1. The molecule has 0 aliphatic rings. The third-order valence-electron chi connectivity index (χ3n) is 3.39. The van der Waals surface area contributed by atoms with E-state index in [0.717, 1.165) is 0 Å². The number of nitrogens with two attached hydrogens (primary N) is 2. The first kappa shape index (κ1) is 21.3. The van der Waals surface area contributed by atoms with Crippen molar-refractivity contribution in [3.05, 3.63) is 59.1 Å². The van der Waals surface area contributed by atoms with Gasteiger partial charge in [0.15, 0.2) is 0 Å². The van der Waals surface area contributed by atoms with Gasteiger partial charge in [0.2, 0.25) is 11.9 Å². The minimum absolute atomic E-state index is 0.0396. The molecule has 1 amide bonds. The SMILES string of the molecule is NC(N)=NOCCNC(=O)Cc1cc(NS(=O)(=O)c2ccccc2)ccc1Cl. The second-order valence-electron chi connectivity index (χ2n) is 5.60. The summed E-state index contributed by atoms with van der Waals surface area (Å²) < 4.78 is 27.3. The van der Waals surface area contributed by atoms with E-state index < -0.39 is 10.0 Å². The van der Waals surface area contributed by atoms with E-state index in [1.807, 2.05) is 0 Å². The maximum absolute atomic E-state index is 12.4. The highest BCUT2D eigenvalue weighted by Crippen LogP contribution is 2.23. The van der Waals surface area contributed by atoms with Crippen LogP contribution in [0.25, 0.3) is 0 Å². The number of nitrogens with one attached hydrogen (secondary N) is 2. The molecule has 2 aromatic carbocycles. The zero-order chi connectivity index (χ0) is 20.6. The molecule has 0 saturated heterocycles. The van der Waals surface area contributed by atoms with Crippen molar-refractivity contribution in [1.82, 2.24) is 5.32 Å². The Balaban J connectivity index is 1.99. The molecule has 0 unspecified atom stereocenters. The molecule has 9 nitrogen and oxygen atoms in total. The van der Waals surface area contributed by atoms with Crippen LogP contribution >= 0.6 is 11.6 Å². The quantitative estimate of drug-likeness (QED) is 0.204. The molecule has 0 fully saturated rings. The smallest absolute Gasteiger partial charge is 0.261 e. The summed E-state index contributed by atoms with van der Waals surface area (Å²) in [4.78, 5) is 16.9. The lowest BCUT2D eigenvalue weighted by Gasteiger charge is -2.11. The number of halogens is 1. The fourth-order valence-electron chi connectivity index (χ4n) is 2.18. The predicted octanol–water partition coefficient (Wildman–Crippen LogP) is 1.00. The number of anilines is 1. The zero-order valence-corrected chi connectivity index (χ0v) is 16.3. The Morgan fingerprint density at radius 1 is 1.14 bits per heavy atom. The van der Waals surface area contributed by atoms with Crippen LogP contribution in [0, 0.1) is 0 Å². The number of hydrogen-bond donors (Lipinski definition) is 4. The lowest BCUT2D eigenvalue weighted by Crippen LogP contribution is -2.29. The van der Waals surface area contributed by atoms with Crippen LogP contribution in [0.1, 0.15) is 5.56 Å². The van der Waals surface area contributed by atoms with Crippen molar-refractivity contribution in [2.45, 2.75) is 11.3 Å². The number of oxime groups is 1. The molecular formula is C17H20ClN5O4S. The summed E-state index contributed by atoms with van der Waals surface area (Å²) in [6, 6.07) is 12.5. The van der Waals surface area contributed by atoms with Gasteiger partial charge in [-0.1, -0.05) is 29.8 Å². The fourth-order valence-corrected chi connectivity index (χ4v) is 3.43. The van der Waals surface area contributed by atoms with Crippen LogP contribution in [-0.4, -0.2) is 33.4 Å². The van der Waals surface area contributed by atoms with E-state index in [9.17, 15) is 13.2 Å². The molecule has 0 heterocycles. The van der Waals surface area contributed by atoms with Crippen molar-refractivity contribution >= 4 is 39.2 Å². The Kier molecular flexibility index (Phi) is 7.47. The molecule has 0 aliphatic carbocycles. The highest BCUT2D eigenvalue weighted by molar-refractivity contribution is 7.92. The Hall–Kier alpha value is -2.98. The van der Waals surface area contributed by atoms with E-state index in [4.69, 9.17) is 27.9 Å². The first-order valence-corrected chi connectivity index (χ1v) is 9.98. The molecule has 28 heavy (non-hydrogen) atoms. The van der Waals surface area contributed by atoms with E-state index in [2.05, 4.69) is 15.2 Å². The van der Waals surface area contributed by atoms with Gasteiger partial charge in [0.25, 0.3) is 10.0 Å². The van der Waals surface area contributed by atoms with Gasteiger partial charge in [0.05, 0.1) is 17.9 Å². The van der Waals surface area contributed by atoms with E-state index in [0.29, 0.717) is 16.3 Å². The molecule has 2 rings (SSSR count). The van der Waals surface area contributed by atoms with Crippen molar-refractivity contribution in [3.63, 3.8) is 0 Å². The molecule has 2 aromatic rings. The predicted molar refractivity (Wildman–Crippen MR) is 107 cm³/mol. The Morgan fingerprint density at radius 3 is 2.54 bits per heavy atom. The van der Waals surface area contributed by atoms with Crippen LogP contribution < -0.4 is 21.5 Å². The second kappa shape index (κ2) is 9.81. The van der Waals surface area contributed by atoms with Crippen molar-refractivity contribution in [2.24, 2.45) is 16.6 Å². The molecular weight excluding hydrogens is 406 g/mol. The van der Waals surface area contributed by atoms with Crippen LogP contribution in [0.3, 0.4) is 0 Å². The first-order chi connectivity index (χ1) is 13.3. The van der Waals surface area contributed by atoms with Crippen molar-refractivity contribution in [3.8, 4) is 0 Å². The molecule has 0 atom stereocenters. The lowest BCUT2D eigenvalue weighted by atomic mass is 10.1. The average Bonchev–Trinajstić information content (AvgIpc) is 2.64. The monoisotopic (exact) mass is 425 g/mol. The zero-order valence-electron chi connectivity index (χ0n) is 14.8. The van der Waals surface area contributed by atoms with Gasteiger partial charge < -0.3 is 21.6 Å². The summed E-state index contributed by atoms with van der Waals surface area (Å²) in [5.74, 6) is -0.536. The molecule has 0 spiro atoms. The third kappa shape index (κ3) is 6.63. The van der Waals surface area contributed by atoms with Crippen LogP contribution in [0.2, 0.25) is 5.02 Å². The van der Waals surface area contributed by atoms with E-state index in [1.54, 1.807) is 18.2 Å². The van der Waals surface area contributed by atoms with Crippen LogP contribution in [0.15, 0.2) is 58.6 Å². The second-order valence-corrected chi connectivity index (χ2v) is 7.69. The van der Waals surface area contributed by atoms with E-state index in [-0.39, 0.29) is 36.3 Å². The van der Waals surface area contributed by atoms with Gasteiger partial charge in [-0.3, -0.25) is 9.52 Å². The normalized spacial score (nSPS) is 10.8. The lowest BCUT2D eigenvalue weighted by molar-refractivity contribution is -0.120. The maximum atomic E-state index is 12.4. The number of nitrogens with zero attached hydrogens (tertiary/aromatic N) is 1. The van der Waals surface area contributed by atoms with Crippen molar-refractivity contribution in [2.75, 3.05) is 17.9 Å². The number of guanidine groups is 1. The molecule has 6 N–H and O–H groups in total. The van der Waals surface area contributed by atoms with Crippen molar-refractivity contribution in [1.29, 1.82) is 0 Å². The summed E-state index contributed by atoms with van der Waals surface area (Å²) in [6.07, 6.45) is -0.0396. The topological polar surface area (TPSA) is 149 Å². The molecule has 150 valence electrons. The Bertz CT molecular complexity index is 947. The molecule has 0 radical (unpaired) electrons. The number of rotatable bonds is 9. The fraction of sp³-hybridized carbons (Fsp3) is 0.176.